The highest BCUT2D eigenvalue weighted by Gasteiger charge is 2.17. The van der Waals surface area contributed by atoms with E-state index in [-0.39, 0.29) is 18.1 Å². The topological polar surface area (TPSA) is 85.9 Å². The van der Waals surface area contributed by atoms with Crippen molar-refractivity contribution < 1.29 is 4.79 Å². The Labute approximate surface area is 178 Å². The summed E-state index contributed by atoms with van der Waals surface area (Å²) in [6.45, 7) is 0.117. The van der Waals surface area contributed by atoms with Gasteiger partial charge in [0.05, 0.1) is 12.3 Å². The van der Waals surface area contributed by atoms with Gasteiger partial charge in [0.15, 0.2) is 16.8 Å². The fourth-order valence-corrected chi connectivity index (χ4v) is 3.56. The van der Waals surface area contributed by atoms with Gasteiger partial charge < -0.3 is 0 Å². The van der Waals surface area contributed by atoms with Crippen molar-refractivity contribution in [2.24, 2.45) is 4.99 Å². The Morgan fingerprint density at radius 2 is 1.63 bits per heavy atom. The van der Waals surface area contributed by atoms with Gasteiger partial charge in [-0.15, -0.1) is 10.2 Å². The van der Waals surface area contributed by atoms with Crippen molar-refractivity contribution in [2.75, 3.05) is 12.3 Å². The molecule has 0 aliphatic carbocycles. The van der Waals surface area contributed by atoms with Crippen LogP contribution in [0, 0.1) is 0 Å². The van der Waals surface area contributed by atoms with Gasteiger partial charge >= 0.3 is 0 Å². The number of hydrogen-bond acceptors (Lipinski definition) is 7. The molecule has 3 heterocycles. The average Bonchev–Trinajstić information content (AvgIpc) is 3.23. The Hall–Kier alpha value is -3.65. The molecule has 0 atom stereocenters. The van der Waals surface area contributed by atoms with Crippen molar-refractivity contribution >= 4 is 23.8 Å². The maximum Gasteiger partial charge on any atom is 0.196 e. The summed E-state index contributed by atoms with van der Waals surface area (Å²) >= 11 is 1.35. The first kappa shape index (κ1) is 19.7. The van der Waals surface area contributed by atoms with Crippen molar-refractivity contribution in [2.45, 2.75) is 5.16 Å². The van der Waals surface area contributed by atoms with Gasteiger partial charge in [0.1, 0.15) is 0 Å². The fourth-order valence-electron chi connectivity index (χ4n) is 2.75. The monoisotopic (exact) mass is 414 g/mol. The van der Waals surface area contributed by atoms with Gasteiger partial charge in [-0.2, -0.15) is 0 Å². The van der Waals surface area contributed by atoms with E-state index in [1.165, 1.54) is 11.8 Å². The molecule has 148 valence electrons. The molecule has 0 bridgehead atoms. The number of carbonyl (C=O) groups excluding carboxylic acids is 1. The third kappa shape index (κ3) is 4.84. The lowest BCUT2D eigenvalue weighted by Crippen LogP contribution is -2.07. The Balaban J connectivity index is 1.49. The van der Waals surface area contributed by atoms with E-state index in [1.807, 2.05) is 59.2 Å². The van der Waals surface area contributed by atoms with Crippen molar-refractivity contribution in [1.82, 2.24) is 24.7 Å². The summed E-state index contributed by atoms with van der Waals surface area (Å²) in [5.74, 6) is 0.974. The quantitative estimate of drug-likeness (QED) is 0.324. The molecule has 4 aromatic rings. The molecule has 8 heteroatoms. The van der Waals surface area contributed by atoms with Crippen LogP contribution in [0.15, 0.2) is 89.5 Å². The number of benzene rings is 1. The highest BCUT2D eigenvalue weighted by Crippen LogP contribution is 2.27. The van der Waals surface area contributed by atoms with E-state index in [0.29, 0.717) is 11.0 Å². The number of thioether (sulfide) groups is 1. The van der Waals surface area contributed by atoms with Crippen LogP contribution in [0.3, 0.4) is 0 Å². The molecule has 3 aromatic heterocycles. The van der Waals surface area contributed by atoms with Gasteiger partial charge in [0.25, 0.3) is 0 Å². The van der Waals surface area contributed by atoms with Crippen LogP contribution in [-0.4, -0.2) is 49.0 Å². The van der Waals surface area contributed by atoms with Crippen LogP contribution in [0.2, 0.25) is 0 Å². The molecule has 0 unspecified atom stereocenters. The Morgan fingerprint density at radius 3 is 2.37 bits per heavy atom. The third-order valence-corrected chi connectivity index (χ3v) is 5.15. The predicted octanol–water partition coefficient (Wildman–Crippen LogP) is 3.50. The maximum absolute atomic E-state index is 12.3. The van der Waals surface area contributed by atoms with E-state index >= 15 is 0 Å². The third-order valence-electron chi connectivity index (χ3n) is 4.16. The summed E-state index contributed by atoms with van der Waals surface area (Å²) in [6, 6.07) is 17.3. The van der Waals surface area contributed by atoms with Crippen molar-refractivity contribution in [1.29, 1.82) is 0 Å². The molecule has 1 aromatic carbocycles. The molecule has 4 rings (SSSR count). The minimum atomic E-state index is 0.0124. The Kier molecular flexibility index (Phi) is 6.36. The number of para-hydroxylation sites is 1. The lowest BCUT2D eigenvalue weighted by Gasteiger charge is -2.09. The molecule has 0 aliphatic rings. The summed E-state index contributed by atoms with van der Waals surface area (Å²) in [7, 11) is 0. The summed E-state index contributed by atoms with van der Waals surface area (Å²) in [5, 5.41) is 9.34. The number of hydrogen-bond donors (Lipinski definition) is 0. The molecule has 0 aliphatic heterocycles. The molecular weight excluding hydrogens is 396 g/mol. The number of aromatic nitrogens is 5. The smallest absolute Gasteiger partial charge is 0.196 e. The second-order valence-corrected chi connectivity index (χ2v) is 7.23. The van der Waals surface area contributed by atoms with E-state index in [2.05, 4.69) is 25.2 Å². The molecule has 0 radical (unpaired) electrons. The number of rotatable bonds is 8. The van der Waals surface area contributed by atoms with Gasteiger partial charge in [-0.3, -0.25) is 24.3 Å². The average molecular weight is 414 g/mol. The fraction of sp³-hybridized carbons (Fsp3) is 0.0909. The zero-order chi connectivity index (χ0) is 20.6. The van der Waals surface area contributed by atoms with Crippen LogP contribution < -0.4 is 0 Å². The van der Waals surface area contributed by atoms with E-state index in [1.54, 1.807) is 31.0 Å². The van der Waals surface area contributed by atoms with Crippen LogP contribution in [0.25, 0.3) is 17.1 Å². The summed E-state index contributed by atoms with van der Waals surface area (Å²) in [5.41, 5.74) is 2.75. The van der Waals surface area contributed by atoms with Crippen LogP contribution in [0.5, 0.6) is 0 Å². The van der Waals surface area contributed by atoms with Crippen LogP contribution in [0.4, 0.5) is 0 Å². The molecule has 7 nitrogen and oxygen atoms in total. The highest BCUT2D eigenvalue weighted by molar-refractivity contribution is 7.99. The van der Waals surface area contributed by atoms with Gasteiger partial charge in [-0.25, -0.2) is 0 Å². The molecule has 0 saturated carbocycles. The summed E-state index contributed by atoms with van der Waals surface area (Å²) < 4.78 is 1.95. The van der Waals surface area contributed by atoms with Crippen molar-refractivity contribution in [3.63, 3.8) is 0 Å². The molecule has 0 N–H and O–H groups in total. The largest absolute Gasteiger partial charge is 0.297 e. The van der Waals surface area contributed by atoms with Crippen molar-refractivity contribution in [3.8, 4) is 17.1 Å². The zero-order valence-corrected chi connectivity index (χ0v) is 16.8. The van der Waals surface area contributed by atoms with Crippen LogP contribution in [-0.2, 0) is 4.79 Å². The van der Waals surface area contributed by atoms with E-state index in [4.69, 9.17) is 0 Å². The minimum absolute atomic E-state index is 0.0124. The number of aliphatic imine (C=N–C) groups is 1. The maximum atomic E-state index is 12.3. The lowest BCUT2D eigenvalue weighted by atomic mass is 10.2. The molecule has 30 heavy (non-hydrogen) atoms. The normalized spacial score (nSPS) is 11.1. The van der Waals surface area contributed by atoms with Gasteiger partial charge in [-0.05, 0) is 42.0 Å². The molecule has 0 fully saturated rings. The first-order valence-electron chi connectivity index (χ1n) is 9.27. The lowest BCUT2D eigenvalue weighted by molar-refractivity contribution is -0.115. The minimum Gasteiger partial charge on any atom is -0.297 e. The van der Waals surface area contributed by atoms with E-state index < -0.39 is 0 Å². The predicted molar refractivity (Wildman–Crippen MR) is 117 cm³/mol. The van der Waals surface area contributed by atoms with Gasteiger partial charge in [-0.1, -0.05) is 30.0 Å². The molecule has 0 amide bonds. The standard InChI is InChI=1S/C22H18N6OS/c29-20(15-25-14-17-6-10-23-11-7-17)16-30-22-27-26-21(18-8-12-24-13-9-18)28(22)19-4-2-1-3-5-19/h1-14H,15-16H2. The zero-order valence-electron chi connectivity index (χ0n) is 16.0. The second kappa shape index (κ2) is 9.71. The van der Waals surface area contributed by atoms with E-state index in [0.717, 1.165) is 16.8 Å². The molecule has 0 spiro atoms. The first-order chi connectivity index (χ1) is 14.8. The van der Waals surface area contributed by atoms with Gasteiger partial charge in [0.2, 0.25) is 0 Å². The SMILES string of the molecule is O=C(CN=Cc1ccncc1)CSc1nnc(-c2ccncc2)n1-c1ccccc1. The second-order valence-electron chi connectivity index (χ2n) is 6.29. The highest BCUT2D eigenvalue weighted by atomic mass is 32.2. The van der Waals surface area contributed by atoms with Crippen molar-refractivity contribution in [3.05, 3.63) is 84.9 Å². The number of nitrogens with zero attached hydrogens (tertiary/aromatic N) is 6. The first-order valence-corrected chi connectivity index (χ1v) is 10.3. The molecule has 0 saturated heterocycles. The molecular formula is C22H18N6OS. The summed E-state index contributed by atoms with van der Waals surface area (Å²) in [4.78, 5) is 24.6. The van der Waals surface area contributed by atoms with E-state index in [9.17, 15) is 4.79 Å². The number of ketones is 1. The number of Topliss-reactive ketones (excluding diaryl/α,β-unsaturated/α-hetero) is 1. The number of pyridine rings is 2. The van der Waals surface area contributed by atoms with Crippen LogP contribution >= 0.6 is 11.8 Å². The summed E-state index contributed by atoms with van der Waals surface area (Å²) in [6.07, 6.45) is 8.50. The van der Waals surface area contributed by atoms with Gasteiger partial charge in [0, 0.05) is 42.3 Å². The van der Waals surface area contributed by atoms with Crippen LogP contribution in [0.1, 0.15) is 5.56 Å². The Bertz CT molecular complexity index is 1130. The Morgan fingerprint density at radius 1 is 0.933 bits per heavy atom. The number of carbonyl (C=O) groups is 1.